The van der Waals surface area contributed by atoms with E-state index in [1.807, 2.05) is 84.9 Å². The molecule has 55 heavy (non-hydrogen) atoms. The summed E-state index contributed by atoms with van der Waals surface area (Å²) in [6.45, 7) is 16.1. The van der Waals surface area contributed by atoms with E-state index in [1.165, 1.54) is 36.4 Å². The Bertz CT molecular complexity index is 1840. The molecule has 298 valence electrons. The topological polar surface area (TPSA) is 113 Å². The minimum Gasteiger partial charge on any atom is -0.394 e. The number of pyridine rings is 1. The van der Waals surface area contributed by atoms with Gasteiger partial charge < -0.3 is 29.6 Å². The molecule has 1 aromatic heterocycles. The molecule has 1 heterocycles. The maximum absolute atomic E-state index is 13.7. The van der Waals surface area contributed by atoms with Crippen molar-refractivity contribution in [3.8, 4) is 11.3 Å². The monoisotopic (exact) mass is 782 g/mol. The zero-order valence-corrected chi connectivity index (χ0v) is 33.4. The van der Waals surface area contributed by atoms with Gasteiger partial charge in [-0.2, -0.15) is 13.2 Å². The number of hydrogen-bond acceptors (Lipinski definition) is 8. The summed E-state index contributed by atoms with van der Waals surface area (Å²) in [5.41, 5.74) is 3.05. The average molecular weight is 783 g/mol. The fraction of sp³-hybridized carbons (Fsp3) is 0.405. The number of nitrogens with zero attached hydrogens (tertiary/aromatic N) is 2. The molecule has 4 aromatic rings. The van der Waals surface area contributed by atoms with Crippen molar-refractivity contribution in [1.82, 2.24) is 10.3 Å². The lowest BCUT2D eigenvalue weighted by Gasteiger charge is -2.27. The third kappa shape index (κ3) is 14.0. The minimum atomic E-state index is -4.49. The summed E-state index contributed by atoms with van der Waals surface area (Å²) in [6, 6.07) is 20.9. The van der Waals surface area contributed by atoms with Gasteiger partial charge in [-0.1, -0.05) is 38.1 Å². The molecule has 0 aliphatic carbocycles. The normalized spacial score (nSPS) is 12.0. The molecular weight excluding hydrogens is 730 g/mol. The van der Waals surface area contributed by atoms with Crippen molar-refractivity contribution >= 4 is 35.2 Å². The van der Waals surface area contributed by atoms with Gasteiger partial charge in [-0.05, 0) is 112 Å². The van der Waals surface area contributed by atoms with Crippen molar-refractivity contribution in [3.63, 3.8) is 0 Å². The first-order valence-electron chi connectivity index (χ1n) is 18.5. The van der Waals surface area contributed by atoms with Crippen molar-refractivity contribution in [1.29, 1.82) is 0 Å². The van der Waals surface area contributed by atoms with Gasteiger partial charge in [0.2, 0.25) is 0 Å². The van der Waals surface area contributed by atoms with Crippen molar-refractivity contribution in [2.24, 2.45) is 0 Å². The van der Waals surface area contributed by atoms with Gasteiger partial charge in [-0.15, -0.1) is 0 Å². The van der Waals surface area contributed by atoms with E-state index in [2.05, 4.69) is 20.5 Å². The molecule has 0 saturated heterocycles. The number of aliphatic hydroxyl groups is 1. The van der Waals surface area contributed by atoms with E-state index >= 15 is 0 Å². The number of amides is 2. The lowest BCUT2D eigenvalue weighted by atomic mass is 9.96. The predicted octanol–water partition coefficient (Wildman–Crippen LogP) is 9.21. The van der Waals surface area contributed by atoms with Crippen LogP contribution in [0.2, 0.25) is 0 Å². The summed E-state index contributed by atoms with van der Waals surface area (Å²) in [7, 11) is 0. The van der Waals surface area contributed by atoms with Crippen LogP contribution < -0.4 is 15.5 Å². The molecular formula is C42H53F3N4O5S. The molecule has 1 atom stereocenters. The Hall–Kier alpha value is -4.43. The molecule has 0 bridgehead atoms. The molecule has 0 saturated carbocycles. The third-order valence-corrected chi connectivity index (χ3v) is 9.09. The molecule has 0 fully saturated rings. The van der Waals surface area contributed by atoms with Crippen LogP contribution in [0.1, 0.15) is 85.9 Å². The number of aromatic nitrogens is 1. The molecule has 13 heteroatoms. The van der Waals surface area contributed by atoms with Gasteiger partial charge in [0.1, 0.15) is 0 Å². The van der Waals surface area contributed by atoms with Crippen LogP contribution >= 0.6 is 12.0 Å². The van der Waals surface area contributed by atoms with Crippen molar-refractivity contribution < 1.29 is 36.8 Å². The van der Waals surface area contributed by atoms with Crippen molar-refractivity contribution in [3.05, 3.63) is 113 Å². The number of nitrogens with one attached hydrogen (secondary N) is 2. The van der Waals surface area contributed by atoms with Crippen LogP contribution in [0.4, 0.5) is 24.5 Å². The van der Waals surface area contributed by atoms with E-state index in [-0.39, 0.29) is 36.5 Å². The Morgan fingerprint density at radius 2 is 1.60 bits per heavy atom. The molecule has 3 N–H and O–H groups in total. The zero-order valence-electron chi connectivity index (χ0n) is 32.6. The van der Waals surface area contributed by atoms with Gasteiger partial charge in [-0.3, -0.25) is 14.6 Å². The predicted molar refractivity (Wildman–Crippen MR) is 215 cm³/mol. The number of carbonyl (C=O) groups is 2. The highest BCUT2D eigenvalue weighted by atomic mass is 32.2. The second-order valence-corrected chi connectivity index (χ2v) is 14.3. The Morgan fingerprint density at radius 1 is 0.909 bits per heavy atom. The SMILES string of the molecule is CC.CCN(CC)c1ccc(NC(=O)c2cccc(CC(C)(C)OCC(C)SOCCO)c2)c(-c2cc(C(=O)NCc3cccc(C(F)(F)F)c3)ccn2)c1. The molecule has 0 aliphatic rings. The largest absolute Gasteiger partial charge is 0.416 e. The second-order valence-electron chi connectivity index (χ2n) is 13.1. The number of anilines is 2. The Kier molecular flexibility index (Phi) is 17.7. The van der Waals surface area contributed by atoms with Crippen LogP contribution in [0.5, 0.6) is 0 Å². The van der Waals surface area contributed by atoms with Crippen LogP contribution in [0, 0.1) is 0 Å². The van der Waals surface area contributed by atoms with E-state index in [0.717, 1.165) is 36.5 Å². The van der Waals surface area contributed by atoms with Gasteiger partial charge in [0, 0.05) is 54.6 Å². The number of aliphatic hydroxyl groups excluding tert-OH is 1. The fourth-order valence-corrected chi connectivity index (χ4v) is 6.16. The molecule has 0 radical (unpaired) electrons. The van der Waals surface area contributed by atoms with Crippen LogP contribution in [0.3, 0.4) is 0 Å². The van der Waals surface area contributed by atoms with Crippen LogP contribution in [-0.4, -0.2) is 65.7 Å². The van der Waals surface area contributed by atoms with E-state index < -0.39 is 23.2 Å². The van der Waals surface area contributed by atoms with Gasteiger partial charge in [0.25, 0.3) is 11.8 Å². The summed E-state index contributed by atoms with van der Waals surface area (Å²) in [5.74, 6) is -0.813. The molecule has 0 spiro atoms. The first-order chi connectivity index (χ1) is 26.2. The quantitative estimate of drug-likeness (QED) is 0.0677. The average Bonchev–Trinajstić information content (AvgIpc) is 3.17. The molecule has 4 rings (SSSR count). The number of benzene rings is 3. The molecule has 3 aromatic carbocycles. The maximum Gasteiger partial charge on any atom is 0.416 e. The van der Waals surface area contributed by atoms with Crippen molar-refractivity contribution in [2.75, 3.05) is 43.1 Å². The first kappa shape index (κ1) is 45.0. The van der Waals surface area contributed by atoms with E-state index in [9.17, 15) is 22.8 Å². The summed E-state index contributed by atoms with van der Waals surface area (Å²) in [4.78, 5) is 33.6. The number of alkyl halides is 3. The molecule has 0 aliphatic heterocycles. The zero-order chi connectivity index (χ0) is 40.6. The van der Waals surface area contributed by atoms with Crippen LogP contribution in [-0.2, 0) is 28.1 Å². The Balaban J connectivity index is 0.00000399. The molecule has 1 unspecified atom stereocenters. The highest BCUT2D eigenvalue weighted by molar-refractivity contribution is 7.95. The van der Waals surface area contributed by atoms with Crippen LogP contribution in [0.15, 0.2) is 85.1 Å². The lowest BCUT2D eigenvalue weighted by molar-refractivity contribution is -0.137. The number of ether oxygens (including phenoxy) is 1. The fourth-order valence-electron chi connectivity index (χ4n) is 5.63. The number of rotatable bonds is 18. The van der Waals surface area contributed by atoms with Gasteiger partial charge in [0.05, 0.1) is 47.6 Å². The summed E-state index contributed by atoms with van der Waals surface area (Å²) in [6.07, 6.45) is -2.45. The van der Waals surface area contributed by atoms with E-state index in [4.69, 9.17) is 14.0 Å². The second kappa shape index (κ2) is 21.6. The summed E-state index contributed by atoms with van der Waals surface area (Å²) < 4.78 is 51.1. The van der Waals surface area contributed by atoms with Crippen molar-refractivity contribution in [2.45, 2.75) is 78.5 Å². The smallest absolute Gasteiger partial charge is 0.394 e. The minimum absolute atomic E-state index is 0.0424. The number of halogens is 3. The third-order valence-electron chi connectivity index (χ3n) is 8.32. The van der Waals surface area contributed by atoms with E-state index in [0.29, 0.717) is 41.1 Å². The highest BCUT2D eigenvalue weighted by Crippen LogP contribution is 2.33. The van der Waals surface area contributed by atoms with Gasteiger partial charge in [0.15, 0.2) is 0 Å². The Labute approximate surface area is 327 Å². The van der Waals surface area contributed by atoms with E-state index in [1.54, 1.807) is 12.1 Å². The highest BCUT2D eigenvalue weighted by Gasteiger charge is 2.30. The molecule has 2 amide bonds. The lowest BCUT2D eigenvalue weighted by Crippen LogP contribution is -2.30. The van der Waals surface area contributed by atoms with Gasteiger partial charge >= 0.3 is 6.18 Å². The summed E-state index contributed by atoms with van der Waals surface area (Å²) >= 11 is 1.27. The number of hydrogen-bond donors (Lipinski definition) is 3. The Morgan fingerprint density at radius 3 is 2.29 bits per heavy atom. The standard InChI is InChI=1S/C40H47F3N4O5S.C2H6/c1-6-47(7-2)33-14-15-35(46-38(50)30-12-8-10-28(20-30)24-39(4,5)51-26-27(3)53-52-19-18-48)34(23-33)36-22-31(16-17-44-36)37(49)45-25-29-11-9-13-32(21-29)40(41,42)43;1-2/h8-17,20-23,27,48H,6-7,18-19,24-26H2,1-5H3,(H,45,49)(H,46,50);1-2H3. The molecule has 9 nitrogen and oxygen atoms in total. The summed E-state index contributed by atoms with van der Waals surface area (Å²) in [5, 5.41) is 14.7. The maximum atomic E-state index is 13.7. The first-order valence-corrected chi connectivity index (χ1v) is 19.3. The van der Waals surface area contributed by atoms with Gasteiger partial charge in [-0.25, -0.2) is 0 Å². The number of carbonyl (C=O) groups excluding carboxylic acids is 2. The van der Waals surface area contributed by atoms with Crippen LogP contribution in [0.25, 0.3) is 11.3 Å².